The van der Waals surface area contributed by atoms with Crippen LogP contribution in [0.5, 0.6) is 0 Å². The largest absolute Gasteiger partial charge is 0.378 e. The quantitative estimate of drug-likeness (QED) is 0.773. The van der Waals surface area contributed by atoms with Gasteiger partial charge in [-0.2, -0.15) is 5.26 Å². The molecule has 0 aliphatic heterocycles. The molecule has 0 N–H and O–H groups in total. The van der Waals surface area contributed by atoms with E-state index in [1.807, 2.05) is 44.4 Å². The maximum absolute atomic E-state index is 8.75. The number of nitriles is 1. The number of anilines is 1. The van der Waals surface area contributed by atoms with Crippen LogP contribution in [0.2, 0.25) is 0 Å². The number of rotatable bonds is 3. The smallest absolute Gasteiger partial charge is 0.0991 e. The first-order chi connectivity index (χ1) is 9.19. The summed E-state index contributed by atoms with van der Waals surface area (Å²) in [7, 11) is 4.06. The fourth-order valence-corrected chi connectivity index (χ4v) is 1.77. The molecule has 0 saturated carbocycles. The topological polar surface area (TPSA) is 27.0 Å². The Morgan fingerprint density at radius 1 is 0.947 bits per heavy atom. The van der Waals surface area contributed by atoms with Gasteiger partial charge in [-0.15, -0.1) is 0 Å². The second-order valence-corrected chi connectivity index (χ2v) is 4.56. The van der Waals surface area contributed by atoms with Crippen LogP contribution in [-0.2, 0) is 0 Å². The molecule has 0 unspecified atom stereocenters. The summed E-state index contributed by atoms with van der Waals surface area (Å²) >= 11 is 0. The van der Waals surface area contributed by atoms with Crippen LogP contribution in [0.3, 0.4) is 0 Å². The predicted octanol–water partition coefficient (Wildman–Crippen LogP) is 3.79. The third kappa shape index (κ3) is 3.46. The van der Waals surface area contributed by atoms with Crippen molar-refractivity contribution in [2.75, 3.05) is 19.0 Å². The van der Waals surface area contributed by atoms with Crippen molar-refractivity contribution in [3.8, 4) is 6.07 Å². The fourth-order valence-electron chi connectivity index (χ4n) is 1.77. The van der Waals surface area contributed by atoms with E-state index in [0.29, 0.717) is 5.56 Å². The van der Waals surface area contributed by atoms with Gasteiger partial charge in [0, 0.05) is 19.8 Å². The van der Waals surface area contributed by atoms with Crippen molar-refractivity contribution in [2.24, 2.45) is 0 Å². The average Bonchev–Trinajstić information content (AvgIpc) is 2.46. The lowest BCUT2D eigenvalue weighted by Crippen LogP contribution is -2.08. The normalized spacial score (nSPS) is 10.4. The molecule has 0 aliphatic carbocycles. The van der Waals surface area contributed by atoms with E-state index in [4.69, 9.17) is 5.26 Å². The van der Waals surface area contributed by atoms with Crippen molar-refractivity contribution in [3.63, 3.8) is 0 Å². The Kier molecular flexibility index (Phi) is 4.00. The van der Waals surface area contributed by atoms with E-state index in [9.17, 15) is 0 Å². The molecule has 0 fully saturated rings. The van der Waals surface area contributed by atoms with Crippen LogP contribution in [-0.4, -0.2) is 14.1 Å². The third-order valence-electron chi connectivity index (χ3n) is 2.89. The van der Waals surface area contributed by atoms with Crippen LogP contribution in [0.15, 0.2) is 48.5 Å². The van der Waals surface area contributed by atoms with Gasteiger partial charge in [0.15, 0.2) is 0 Å². The van der Waals surface area contributed by atoms with Gasteiger partial charge in [-0.25, -0.2) is 0 Å². The lowest BCUT2D eigenvalue weighted by molar-refractivity contribution is 1.13. The lowest BCUT2D eigenvalue weighted by atomic mass is 10.1. The van der Waals surface area contributed by atoms with Crippen molar-refractivity contribution < 1.29 is 0 Å². The molecular formula is C17H16N2. The van der Waals surface area contributed by atoms with Crippen molar-refractivity contribution in [3.05, 3.63) is 65.2 Å². The predicted molar refractivity (Wildman–Crippen MR) is 80.9 cm³/mol. The van der Waals surface area contributed by atoms with Crippen molar-refractivity contribution >= 4 is 17.8 Å². The number of nitrogens with zero attached hydrogens (tertiary/aromatic N) is 2. The molecule has 0 saturated heterocycles. The Balaban J connectivity index is 2.17. The van der Waals surface area contributed by atoms with Crippen molar-refractivity contribution in [1.82, 2.24) is 0 Å². The zero-order valence-corrected chi connectivity index (χ0v) is 11.2. The summed E-state index contributed by atoms with van der Waals surface area (Å²) in [5.74, 6) is 0. The maximum atomic E-state index is 8.75. The minimum absolute atomic E-state index is 0.687. The average molecular weight is 248 g/mol. The van der Waals surface area contributed by atoms with E-state index in [0.717, 1.165) is 11.1 Å². The first-order valence-electron chi connectivity index (χ1n) is 6.15. The third-order valence-corrected chi connectivity index (χ3v) is 2.89. The molecule has 2 heteroatoms. The lowest BCUT2D eigenvalue weighted by Gasteiger charge is -2.12. The molecule has 2 nitrogen and oxygen atoms in total. The molecule has 94 valence electrons. The van der Waals surface area contributed by atoms with E-state index < -0.39 is 0 Å². The first-order valence-corrected chi connectivity index (χ1v) is 6.15. The van der Waals surface area contributed by atoms with E-state index >= 15 is 0 Å². The Labute approximate surface area is 114 Å². The Morgan fingerprint density at radius 2 is 1.63 bits per heavy atom. The van der Waals surface area contributed by atoms with E-state index in [2.05, 4.69) is 41.3 Å². The Bertz CT molecular complexity index is 616. The second kappa shape index (κ2) is 5.88. The monoisotopic (exact) mass is 248 g/mol. The summed E-state index contributed by atoms with van der Waals surface area (Å²) in [5, 5.41) is 8.75. The van der Waals surface area contributed by atoms with Crippen LogP contribution < -0.4 is 4.90 Å². The highest BCUT2D eigenvalue weighted by molar-refractivity contribution is 5.71. The highest BCUT2D eigenvalue weighted by Crippen LogP contribution is 2.16. The molecular weight excluding hydrogens is 232 g/mol. The summed E-state index contributed by atoms with van der Waals surface area (Å²) in [4.78, 5) is 2.08. The summed E-state index contributed by atoms with van der Waals surface area (Å²) in [5.41, 5.74) is 4.12. The van der Waals surface area contributed by atoms with E-state index in [1.165, 1.54) is 5.69 Å². The zero-order valence-electron chi connectivity index (χ0n) is 11.2. The van der Waals surface area contributed by atoms with Crippen LogP contribution in [0, 0.1) is 11.3 Å². The SMILES string of the molecule is CN(C)c1cccc(/C=C/c2ccc(C#N)cc2)c1. The molecule has 0 amide bonds. The minimum atomic E-state index is 0.687. The van der Waals surface area contributed by atoms with Gasteiger partial charge in [0.25, 0.3) is 0 Å². The molecule has 2 rings (SSSR count). The van der Waals surface area contributed by atoms with Gasteiger partial charge in [0.2, 0.25) is 0 Å². The standard InChI is InChI=1S/C17H16N2/c1-19(2)17-5-3-4-15(12-17)9-6-14-7-10-16(13-18)11-8-14/h3-12H,1-2H3/b9-6+. The molecule has 0 bridgehead atoms. The zero-order chi connectivity index (χ0) is 13.7. The Morgan fingerprint density at radius 3 is 2.26 bits per heavy atom. The van der Waals surface area contributed by atoms with Crippen LogP contribution in [0.4, 0.5) is 5.69 Å². The molecule has 2 aromatic carbocycles. The van der Waals surface area contributed by atoms with Crippen molar-refractivity contribution in [2.45, 2.75) is 0 Å². The number of benzene rings is 2. The molecule has 0 aromatic heterocycles. The summed E-state index contributed by atoms with van der Waals surface area (Å²) in [6.45, 7) is 0. The fraction of sp³-hybridized carbons (Fsp3) is 0.118. The maximum Gasteiger partial charge on any atom is 0.0991 e. The first kappa shape index (κ1) is 12.9. The van der Waals surface area contributed by atoms with Gasteiger partial charge >= 0.3 is 0 Å². The summed E-state index contributed by atoms with van der Waals surface area (Å²) in [6, 6.07) is 18.0. The van der Waals surface area contributed by atoms with Gasteiger partial charge in [-0.1, -0.05) is 36.4 Å². The molecule has 0 aliphatic rings. The summed E-state index contributed by atoms with van der Waals surface area (Å²) < 4.78 is 0. The molecule has 0 heterocycles. The molecule has 0 spiro atoms. The van der Waals surface area contributed by atoms with Crippen LogP contribution >= 0.6 is 0 Å². The van der Waals surface area contributed by atoms with Crippen molar-refractivity contribution in [1.29, 1.82) is 5.26 Å². The van der Waals surface area contributed by atoms with Gasteiger partial charge in [-0.05, 0) is 35.4 Å². The minimum Gasteiger partial charge on any atom is -0.378 e. The highest BCUT2D eigenvalue weighted by atomic mass is 15.1. The van der Waals surface area contributed by atoms with Gasteiger partial charge in [0.1, 0.15) is 0 Å². The second-order valence-electron chi connectivity index (χ2n) is 4.56. The number of hydrogen-bond donors (Lipinski definition) is 0. The molecule has 19 heavy (non-hydrogen) atoms. The highest BCUT2D eigenvalue weighted by Gasteiger charge is 1.95. The van der Waals surface area contributed by atoms with Crippen LogP contribution in [0.25, 0.3) is 12.2 Å². The van der Waals surface area contributed by atoms with Gasteiger partial charge < -0.3 is 4.90 Å². The molecule has 0 radical (unpaired) electrons. The van der Waals surface area contributed by atoms with E-state index in [1.54, 1.807) is 0 Å². The van der Waals surface area contributed by atoms with Gasteiger partial charge in [-0.3, -0.25) is 0 Å². The summed E-state index contributed by atoms with van der Waals surface area (Å²) in [6.07, 6.45) is 4.13. The van der Waals surface area contributed by atoms with Gasteiger partial charge in [0.05, 0.1) is 11.6 Å². The molecule has 0 atom stereocenters. The van der Waals surface area contributed by atoms with E-state index in [-0.39, 0.29) is 0 Å². The van der Waals surface area contributed by atoms with Crippen LogP contribution in [0.1, 0.15) is 16.7 Å². The Hall–Kier alpha value is -2.53. The molecule has 2 aromatic rings. The number of hydrogen-bond acceptors (Lipinski definition) is 2.